The van der Waals surface area contributed by atoms with Crippen molar-refractivity contribution in [1.82, 2.24) is 0 Å². The van der Waals surface area contributed by atoms with Crippen molar-refractivity contribution in [3.05, 3.63) is 29.8 Å². The number of methoxy groups -OCH3 is 1. The lowest BCUT2D eigenvalue weighted by molar-refractivity contribution is -0.118. The lowest BCUT2D eigenvalue weighted by atomic mass is 9.84. The van der Waals surface area contributed by atoms with Gasteiger partial charge in [0.15, 0.2) is 0 Å². The molecule has 0 radical (unpaired) electrons. The van der Waals surface area contributed by atoms with E-state index in [0.717, 1.165) is 19.4 Å². The van der Waals surface area contributed by atoms with Gasteiger partial charge in [-0.15, -0.1) is 0 Å². The van der Waals surface area contributed by atoms with Crippen molar-refractivity contribution in [3.8, 4) is 0 Å². The molecule has 1 aliphatic rings. The first-order chi connectivity index (χ1) is 9.30. The van der Waals surface area contributed by atoms with E-state index in [1.54, 1.807) is 7.11 Å². The standard InChI is InChI=1S/C16H25NO2/c1-4-8-12-9-6-7-10-13(12)17-14-11-15(19-5-2)16(14)18-3/h6-7,9-10,14-17H,4-5,8,11H2,1-3H3. The molecule has 1 N–H and O–H groups in total. The summed E-state index contributed by atoms with van der Waals surface area (Å²) >= 11 is 0. The molecule has 3 nitrogen and oxygen atoms in total. The van der Waals surface area contributed by atoms with Crippen molar-refractivity contribution in [3.63, 3.8) is 0 Å². The minimum atomic E-state index is 0.162. The number of aryl methyl sites for hydroxylation is 1. The number of ether oxygens (including phenoxy) is 2. The summed E-state index contributed by atoms with van der Waals surface area (Å²) in [5.74, 6) is 0. The molecule has 0 aliphatic heterocycles. The summed E-state index contributed by atoms with van der Waals surface area (Å²) in [4.78, 5) is 0. The number of hydrogen-bond donors (Lipinski definition) is 1. The Labute approximate surface area is 116 Å². The maximum Gasteiger partial charge on any atom is 0.103 e. The van der Waals surface area contributed by atoms with Crippen molar-refractivity contribution < 1.29 is 9.47 Å². The third-order valence-electron chi connectivity index (χ3n) is 3.78. The Morgan fingerprint density at radius 2 is 2.05 bits per heavy atom. The number of rotatable bonds is 7. The highest BCUT2D eigenvalue weighted by atomic mass is 16.5. The molecular weight excluding hydrogens is 238 g/mol. The Balaban J connectivity index is 1.98. The van der Waals surface area contributed by atoms with Gasteiger partial charge in [-0.3, -0.25) is 0 Å². The topological polar surface area (TPSA) is 30.5 Å². The van der Waals surface area contributed by atoms with Crippen LogP contribution >= 0.6 is 0 Å². The summed E-state index contributed by atoms with van der Waals surface area (Å²) in [6, 6.07) is 8.91. The van der Waals surface area contributed by atoms with Gasteiger partial charge < -0.3 is 14.8 Å². The fraction of sp³-hybridized carbons (Fsp3) is 0.625. The van der Waals surface area contributed by atoms with Gasteiger partial charge in [-0.2, -0.15) is 0 Å². The molecule has 1 aliphatic carbocycles. The van der Waals surface area contributed by atoms with Gasteiger partial charge in [-0.05, 0) is 31.4 Å². The van der Waals surface area contributed by atoms with Crippen molar-refractivity contribution in [2.75, 3.05) is 19.0 Å². The summed E-state index contributed by atoms with van der Waals surface area (Å²) in [6.45, 7) is 5.00. The van der Waals surface area contributed by atoms with Crippen LogP contribution in [0.4, 0.5) is 5.69 Å². The van der Waals surface area contributed by atoms with E-state index in [0.29, 0.717) is 6.04 Å². The van der Waals surface area contributed by atoms with E-state index < -0.39 is 0 Å². The van der Waals surface area contributed by atoms with E-state index in [2.05, 4.69) is 36.5 Å². The highest BCUT2D eigenvalue weighted by molar-refractivity contribution is 5.52. The van der Waals surface area contributed by atoms with Crippen molar-refractivity contribution in [2.45, 2.75) is 51.4 Å². The highest BCUT2D eigenvalue weighted by Gasteiger charge is 2.42. The average molecular weight is 263 g/mol. The SMILES string of the molecule is CCCc1ccccc1NC1CC(OCC)C1OC. The molecule has 1 fully saturated rings. The third-order valence-corrected chi connectivity index (χ3v) is 3.78. The van der Waals surface area contributed by atoms with E-state index in [4.69, 9.17) is 9.47 Å². The molecule has 19 heavy (non-hydrogen) atoms. The van der Waals surface area contributed by atoms with Crippen molar-refractivity contribution in [2.24, 2.45) is 0 Å². The smallest absolute Gasteiger partial charge is 0.103 e. The van der Waals surface area contributed by atoms with E-state index in [-0.39, 0.29) is 12.2 Å². The molecular formula is C16H25NO2. The van der Waals surface area contributed by atoms with Gasteiger partial charge in [-0.25, -0.2) is 0 Å². The number of benzene rings is 1. The quantitative estimate of drug-likeness (QED) is 0.819. The Morgan fingerprint density at radius 1 is 1.26 bits per heavy atom. The molecule has 1 aromatic rings. The first-order valence-corrected chi connectivity index (χ1v) is 7.29. The number of hydrogen-bond acceptors (Lipinski definition) is 3. The van der Waals surface area contributed by atoms with E-state index in [1.165, 1.54) is 17.7 Å². The first kappa shape index (κ1) is 14.4. The monoisotopic (exact) mass is 263 g/mol. The zero-order chi connectivity index (χ0) is 13.7. The van der Waals surface area contributed by atoms with Crippen LogP contribution in [0.15, 0.2) is 24.3 Å². The first-order valence-electron chi connectivity index (χ1n) is 7.29. The Hall–Kier alpha value is -1.06. The van der Waals surface area contributed by atoms with Gasteiger partial charge in [-0.1, -0.05) is 31.5 Å². The van der Waals surface area contributed by atoms with Crippen LogP contribution < -0.4 is 5.32 Å². The zero-order valence-electron chi connectivity index (χ0n) is 12.2. The van der Waals surface area contributed by atoms with Crippen LogP contribution in [-0.2, 0) is 15.9 Å². The maximum absolute atomic E-state index is 5.66. The Bertz CT molecular complexity index is 394. The molecule has 3 heteroatoms. The summed E-state index contributed by atoms with van der Waals surface area (Å²) in [5, 5.41) is 3.62. The van der Waals surface area contributed by atoms with Crippen molar-refractivity contribution >= 4 is 5.69 Å². The molecule has 2 rings (SSSR count). The minimum Gasteiger partial charge on any atom is -0.379 e. The van der Waals surface area contributed by atoms with Crippen LogP contribution in [0.1, 0.15) is 32.3 Å². The lowest BCUT2D eigenvalue weighted by Gasteiger charge is -2.44. The number of anilines is 1. The second-order valence-corrected chi connectivity index (χ2v) is 5.09. The molecule has 0 aromatic heterocycles. The molecule has 3 atom stereocenters. The lowest BCUT2D eigenvalue weighted by Crippen LogP contribution is -2.56. The molecule has 0 amide bonds. The van der Waals surface area contributed by atoms with Crippen LogP contribution in [0.25, 0.3) is 0 Å². The van der Waals surface area contributed by atoms with Crippen LogP contribution in [0.2, 0.25) is 0 Å². The Kier molecular flexibility index (Phi) is 5.23. The van der Waals surface area contributed by atoms with Crippen LogP contribution in [0.3, 0.4) is 0 Å². The maximum atomic E-state index is 5.66. The molecule has 1 aromatic carbocycles. The van der Waals surface area contributed by atoms with Gasteiger partial charge in [0, 0.05) is 19.4 Å². The zero-order valence-corrected chi connectivity index (χ0v) is 12.2. The molecule has 0 spiro atoms. The van der Waals surface area contributed by atoms with E-state index >= 15 is 0 Å². The van der Waals surface area contributed by atoms with Gasteiger partial charge in [0.2, 0.25) is 0 Å². The minimum absolute atomic E-state index is 0.162. The molecule has 106 valence electrons. The second-order valence-electron chi connectivity index (χ2n) is 5.09. The predicted octanol–water partition coefficient (Wildman–Crippen LogP) is 3.24. The van der Waals surface area contributed by atoms with Crippen LogP contribution in [0, 0.1) is 0 Å². The fourth-order valence-electron chi connectivity index (χ4n) is 2.76. The Morgan fingerprint density at radius 3 is 2.74 bits per heavy atom. The third kappa shape index (κ3) is 3.28. The number of nitrogens with one attached hydrogen (secondary N) is 1. The normalized spacial score (nSPS) is 25.9. The predicted molar refractivity (Wildman–Crippen MR) is 78.7 cm³/mol. The molecule has 0 saturated heterocycles. The second kappa shape index (κ2) is 6.92. The number of para-hydroxylation sites is 1. The van der Waals surface area contributed by atoms with Gasteiger partial charge in [0.05, 0.1) is 12.1 Å². The molecule has 0 heterocycles. The van der Waals surface area contributed by atoms with Crippen LogP contribution in [-0.4, -0.2) is 32.0 Å². The van der Waals surface area contributed by atoms with Gasteiger partial charge in [0.1, 0.15) is 6.10 Å². The average Bonchev–Trinajstić information content (AvgIpc) is 2.40. The largest absolute Gasteiger partial charge is 0.379 e. The molecule has 3 unspecified atom stereocenters. The highest BCUT2D eigenvalue weighted by Crippen LogP contribution is 2.31. The fourth-order valence-corrected chi connectivity index (χ4v) is 2.76. The van der Waals surface area contributed by atoms with Crippen molar-refractivity contribution in [1.29, 1.82) is 0 Å². The van der Waals surface area contributed by atoms with Gasteiger partial charge in [0.25, 0.3) is 0 Å². The molecule has 1 saturated carbocycles. The summed E-state index contributed by atoms with van der Waals surface area (Å²) in [7, 11) is 1.77. The van der Waals surface area contributed by atoms with E-state index in [1.807, 2.05) is 6.92 Å². The van der Waals surface area contributed by atoms with Crippen LogP contribution in [0.5, 0.6) is 0 Å². The van der Waals surface area contributed by atoms with E-state index in [9.17, 15) is 0 Å². The molecule has 0 bridgehead atoms. The summed E-state index contributed by atoms with van der Waals surface area (Å²) in [6.07, 6.45) is 3.70. The summed E-state index contributed by atoms with van der Waals surface area (Å²) < 4.78 is 11.2. The summed E-state index contributed by atoms with van der Waals surface area (Å²) in [5.41, 5.74) is 2.63. The van der Waals surface area contributed by atoms with Gasteiger partial charge >= 0.3 is 0 Å².